The van der Waals surface area contributed by atoms with Crippen LogP contribution in [0.25, 0.3) is 0 Å². The fourth-order valence-electron chi connectivity index (χ4n) is 1.69. The zero-order valence-corrected chi connectivity index (χ0v) is 12.0. The zero-order valence-electron chi connectivity index (χ0n) is 11.3. The summed E-state index contributed by atoms with van der Waals surface area (Å²) in [4.78, 5) is 11.8. The molecule has 2 rings (SSSR count). The molecule has 21 heavy (non-hydrogen) atoms. The number of nitrogens with one attached hydrogen (secondary N) is 1. The third-order valence-corrected chi connectivity index (χ3v) is 2.84. The Kier molecular flexibility index (Phi) is 5.05. The van der Waals surface area contributed by atoms with E-state index in [0.29, 0.717) is 11.3 Å². The number of benzene rings is 1. The highest BCUT2D eigenvalue weighted by molar-refractivity contribution is 6.29. The van der Waals surface area contributed by atoms with Crippen molar-refractivity contribution in [1.29, 1.82) is 0 Å². The molecule has 7 heteroatoms. The SMILES string of the molecule is CCOC(=O)c1nnc(Cl)cc1NCc1ccccc1F. The van der Waals surface area contributed by atoms with Gasteiger partial charge in [-0.15, -0.1) is 10.2 Å². The van der Waals surface area contributed by atoms with E-state index in [-0.39, 0.29) is 29.8 Å². The van der Waals surface area contributed by atoms with E-state index in [0.717, 1.165) is 0 Å². The van der Waals surface area contributed by atoms with Gasteiger partial charge in [0.25, 0.3) is 0 Å². The summed E-state index contributed by atoms with van der Waals surface area (Å²) in [6.45, 7) is 2.09. The number of hydrogen-bond donors (Lipinski definition) is 1. The normalized spacial score (nSPS) is 10.2. The summed E-state index contributed by atoms with van der Waals surface area (Å²) in [5.41, 5.74) is 0.814. The second-order valence-electron chi connectivity index (χ2n) is 4.09. The topological polar surface area (TPSA) is 64.1 Å². The van der Waals surface area contributed by atoms with Gasteiger partial charge in [0, 0.05) is 18.2 Å². The van der Waals surface area contributed by atoms with Crippen molar-refractivity contribution in [3.05, 3.63) is 52.6 Å². The molecule has 1 N–H and O–H groups in total. The smallest absolute Gasteiger partial charge is 0.361 e. The fourth-order valence-corrected chi connectivity index (χ4v) is 1.83. The average Bonchev–Trinajstić information content (AvgIpc) is 2.46. The van der Waals surface area contributed by atoms with E-state index >= 15 is 0 Å². The maximum Gasteiger partial charge on any atom is 0.361 e. The predicted molar refractivity (Wildman–Crippen MR) is 76.7 cm³/mol. The van der Waals surface area contributed by atoms with Gasteiger partial charge in [-0.2, -0.15) is 0 Å². The number of ether oxygens (including phenoxy) is 1. The largest absolute Gasteiger partial charge is 0.461 e. The minimum absolute atomic E-state index is 0.0117. The molecule has 5 nitrogen and oxygen atoms in total. The van der Waals surface area contributed by atoms with Gasteiger partial charge in [0.2, 0.25) is 0 Å². The molecule has 110 valence electrons. The third kappa shape index (κ3) is 3.88. The summed E-state index contributed by atoms with van der Waals surface area (Å²) in [5, 5.41) is 10.4. The summed E-state index contributed by atoms with van der Waals surface area (Å²) in [7, 11) is 0. The van der Waals surface area contributed by atoms with Gasteiger partial charge in [-0.1, -0.05) is 29.8 Å². The molecule has 1 heterocycles. The van der Waals surface area contributed by atoms with Crippen LogP contribution in [0.4, 0.5) is 10.1 Å². The molecule has 0 saturated carbocycles. The molecule has 0 aliphatic heterocycles. The Hall–Kier alpha value is -2.21. The van der Waals surface area contributed by atoms with Crippen LogP contribution in [0.1, 0.15) is 23.0 Å². The molecule has 0 aliphatic carbocycles. The van der Waals surface area contributed by atoms with Gasteiger partial charge in [-0.05, 0) is 13.0 Å². The Labute approximate surface area is 126 Å². The van der Waals surface area contributed by atoms with Gasteiger partial charge < -0.3 is 10.1 Å². The molecule has 0 fully saturated rings. The highest BCUT2D eigenvalue weighted by Gasteiger charge is 2.16. The number of carbonyl (C=O) groups is 1. The fraction of sp³-hybridized carbons (Fsp3) is 0.214. The first-order chi connectivity index (χ1) is 10.1. The lowest BCUT2D eigenvalue weighted by atomic mass is 10.2. The van der Waals surface area contributed by atoms with Crippen LogP contribution in [0.15, 0.2) is 30.3 Å². The Morgan fingerprint density at radius 1 is 1.38 bits per heavy atom. The minimum atomic E-state index is -0.613. The molecule has 0 spiro atoms. The molecule has 0 radical (unpaired) electrons. The van der Waals surface area contributed by atoms with E-state index < -0.39 is 5.97 Å². The zero-order chi connectivity index (χ0) is 15.2. The van der Waals surface area contributed by atoms with E-state index in [1.807, 2.05) is 0 Å². The first kappa shape index (κ1) is 15.2. The van der Waals surface area contributed by atoms with Crippen molar-refractivity contribution < 1.29 is 13.9 Å². The van der Waals surface area contributed by atoms with Crippen LogP contribution in [0.3, 0.4) is 0 Å². The van der Waals surface area contributed by atoms with Crippen LogP contribution in [-0.2, 0) is 11.3 Å². The number of rotatable bonds is 5. The second kappa shape index (κ2) is 6.99. The number of esters is 1. The Morgan fingerprint density at radius 3 is 2.86 bits per heavy atom. The van der Waals surface area contributed by atoms with Crippen LogP contribution in [0.2, 0.25) is 5.15 Å². The molecule has 0 unspecified atom stereocenters. The van der Waals surface area contributed by atoms with Crippen LogP contribution < -0.4 is 5.32 Å². The molecule has 1 aromatic heterocycles. The number of hydrogen-bond acceptors (Lipinski definition) is 5. The minimum Gasteiger partial charge on any atom is -0.461 e. The molecule has 1 aromatic carbocycles. The van der Waals surface area contributed by atoms with Crippen molar-refractivity contribution in [2.24, 2.45) is 0 Å². The molecular weight excluding hydrogens is 297 g/mol. The molecule has 0 aliphatic rings. The highest BCUT2D eigenvalue weighted by Crippen LogP contribution is 2.19. The summed E-state index contributed by atoms with van der Waals surface area (Å²) >= 11 is 5.77. The maximum absolute atomic E-state index is 13.6. The first-order valence-corrected chi connectivity index (χ1v) is 6.67. The van der Waals surface area contributed by atoms with E-state index in [1.54, 1.807) is 25.1 Å². The number of aromatic nitrogens is 2. The highest BCUT2D eigenvalue weighted by atomic mass is 35.5. The van der Waals surface area contributed by atoms with E-state index in [1.165, 1.54) is 12.1 Å². The molecule has 0 atom stereocenters. The lowest BCUT2D eigenvalue weighted by molar-refractivity contribution is 0.0519. The quantitative estimate of drug-likeness (QED) is 0.860. The lowest BCUT2D eigenvalue weighted by Gasteiger charge is -2.10. The molecule has 2 aromatic rings. The third-order valence-electron chi connectivity index (χ3n) is 2.66. The number of carbonyl (C=O) groups excluding carboxylic acids is 1. The van der Waals surface area contributed by atoms with Crippen molar-refractivity contribution in [1.82, 2.24) is 10.2 Å². The maximum atomic E-state index is 13.6. The lowest BCUT2D eigenvalue weighted by Crippen LogP contribution is -2.13. The number of nitrogens with zero attached hydrogens (tertiary/aromatic N) is 2. The van der Waals surface area contributed by atoms with Crippen molar-refractivity contribution in [2.45, 2.75) is 13.5 Å². The van der Waals surface area contributed by atoms with Gasteiger partial charge in [0.1, 0.15) is 5.82 Å². The van der Waals surface area contributed by atoms with Crippen molar-refractivity contribution in [3.8, 4) is 0 Å². The monoisotopic (exact) mass is 309 g/mol. The summed E-state index contributed by atoms with van der Waals surface area (Å²) in [6, 6.07) is 7.78. The first-order valence-electron chi connectivity index (χ1n) is 6.29. The Balaban J connectivity index is 2.20. The van der Waals surface area contributed by atoms with E-state index in [4.69, 9.17) is 16.3 Å². The van der Waals surface area contributed by atoms with Crippen LogP contribution in [0.5, 0.6) is 0 Å². The predicted octanol–water partition coefficient (Wildman–Crippen LogP) is 3.06. The van der Waals surface area contributed by atoms with E-state index in [9.17, 15) is 9.18 Å². The van der Waals surface area contributed by atoms with Gasteiger partial charge in [0.15, 0.2) is 10.8 Å². The number of anilines is 1. The Morgan fingerprint density at radius 2 is 2.14 bits per heavy atom. The van der Waals surface area contributed by atoms with Gasteiger partial charge in [-0.3, -0.25) is 0 Å². The molecule has 0 saturated heterocycles. The van der Waals surface area contributed by atoms with Gasteiger partial charge in [0.05, 0.1) is 12.3 Å². The molecular formula is C14H13ClFN3O2. The van der Waals surface area contributed by atoms with Crippen LogP contribution >= 0.6 is 11.6 Å². The molecule has 0 amide bonds. The van der Waals surface area contributed by atoms with Crippen LogP contribution in [-0.4, -0.2) is 22.8 Å². The second-order valence-corrected chi connectivity index (χ2v) is 4.48. The van der Waals surface area contributed by atoms with Crippen molar-refractivity contribution in [2.75, 3.05) is 11.9 Å². The standard InChI is InChI=1S/C14H13ClFN3O2/c1-2-21-14(20)13-11(7-12(15)18-19-13)17-8-9-5-3-4-6-10(9)16/h3-7H,2,8H2,1H3,(H,17,18). The average molecular weight is 310 g/mol. The number of halogens is 2. The van der Waals surface area contributed by atoms with Crippen molar-refractivity contribution in [3.63, 3.8) is 0 Å². The van der Waals surface area contributed by atoms with Crippen molar-refractivity contribution >= 4 is 23.3 Å². The Bertz CT molecular complexity index is 652. The molecule has 0 bridgehead atoms. The summed E-state index contributed by atoms with van der Waals surface area (Å²) in [6.07, 6.45) is 0. The summed E-state index contributed by atoms with van der Waals surface area (Å²) < 4.78 is 18.5. The van der Waals surface area contributed by atoms with E-state index in [2.05, 4.69) is 15.5 Å². The van der Waals surface area contributed by atoms with Gasteiger partial charge >= 0.3 is 5.97 Å². The van der Waals surface area contributed by atoms with Gasteiger partial charge in [-0.25, -0.2) is 9.18 Å². The summed E-state index contributed by atoms with van der Waals surface area (Å²) in [5.74, 6) is -0.950. The van der Waals surface area contributed by atoms with Crippen LogP contribution in [0, 0.1) is 5.82 Å².